The number of aliphatic carboxylic acids is 1. The third kappa shape index (κ3) is 5.50. The number of nitrogens with zero attached hydrogens (tertiary/aromatic N) is 1. The van der Waals surface area contributed by atoms with Crippen LogP contribution in [0.25, 0.3) is 22.5 Å². The Balaban J connectivity index is 1.48. The van der Waals surface area contributed by atoms with E-state index in [-0.39, 0.29) is 0 Å². The van der Waals surface area contributed by atoms with Crippen LogP contribution in [0.3, 0.4) is 0 Å². The summed E-state index contributed by atoms with van der Waals surface area (Å²) < 4.78 is 11.1. The highest BCUT2D eigenvalue weighted by molar-refractivity contribution is 5.91. The number of hydrogen-bond donors (Lipinski definition) is 2. The second kappa shape index (κ2) is 10.9. The Labute approximate surface area is 216 Å². The van der Waals surface area contributed by atoms with Gasteiger partial charge in [0.05, 0.1) is 5.41 Å². The Morgan fingerprint density at radius 1 is 1.11 bits per heavy atom. The molecule has 1 atom stereocenters. The standard InChI is InChI=1S/C30H32N2O5/c1-5-7-21(8-6-2)20(4)36-29(35)31-26-19(3)32-37-27(26)24-11-9-22(10-12-24)23-13-15-25(16-14-23)30(17-18-30)28(33)34/h5,7-16,20H,6,17-18H2,1-4H3,(H,31,35)(H,33,34)/b7-5-,21-8+. The molecule has 0 saturated heterocycles. The van der Waals surface area contributed by atoms with E-state index in [1.807, 2.05) is 87.5 Å². The molecule has 3 aromatic rings. The minimum atomic E-state index is -0.759. The van der Waals surface area contributed by atoms with Gasteiger partial charge in [-0.2, -0.15) is 0 Å². The number of hydrogen-bond acceptors (Lipinski definition) is 5. The number of carbonyl (C=O) groups is 2. The van der Waals surface area contributed by atoms with Gasteiger partial charge in [-0.25, -0.2) is 4.79 Å². The van der Waals surface area contributed by atoms with E-state index >= 15 is 0 Å². The molecule has 1 fully saturated rings. The van der Waals surface area contributed by atoms with Crippen molar-refractivity contribution >= 4 is 17.7 Å². The number of allylic oxidation sites excluding steroid dienone is 2. The van der Waals surface area contributed by atoms with Gasteiger partial charge in [0.2, 0.25) is 0 Å². The molecule has 0 aliphatic heterocycles. The summed E-state index contributed by atoms with van der Waals surface area (Å²) in [5, 5.41) is 16.3. The van der Waals surface area contributed by atoms with Crippen LogP contribution in [0.2, 0.25) is 0 Å². The first-order chi connectivity index (χ1) is 17.8. The van der Waals surface area contributed by atoms with Gasteiger partial charge < -0.3 is 14.4 Å². The Morgan fingerprint density at radius 2 is 1.70 bits per heavy atom. The zero-order valence-corrected chi connectivity index (χ0v) is 21.6. The Kier molecular flexibility index (Phi) is 7.62. The number of rotatable bonds is 9. The minimum Gasteiger partial charge on any atom is -0.481 e. The van der Waals surface area contributed by atoms with Gasteiger partial charge in [-0.05, 0) is 62.3 Å². The summed E-state index contributed by atoms with van der Waals surface area (Å²) >= 11 is 0. The van der Waals surface area contributed by atoms with E-state index in [2.05, 4.69) is 10.5 Å². The first-order valence-corrected chi connectivity index (χ1v) is 12.5. The molecule has 0 bridgehead atoms. The molecule has 1 aliphatic carbocycles. The fourth-order valence-electron chi connectivity index (χ4n) is 4.42. The van der Waals surface area contributed by atoms with Gasteiger partial charge in [0, 0.05) is 5.56 Å². The predicted octanol–water partition coefficient (Wildman–Crippen LogP) is 7.28. The van der Waals surface area contributed by atoms with Crippen molar-refractivity contribution in [2.75, 3.05) is 5.32 Å². The minimum absolute atomic E-state index is 0.407. The SMILES string of the molecule is C/C=C\C(=C/CC)C(C)OC(=O)Nc1c(C)noc1-c1ccc(-c2ccc(C3(C(=O)O)CC3)cc2)cc1. The zero-order valence-electron chi connectivity index (χ0n) is 21.6. The van der Waals surface area contributed by atoms with Crippen molar-refractivity contribution in [3.05, 3.63) is 83.6 Å². The lowest BCUT2D eigenvalue weighted by molar-refractivity contribution is -0.140. The van der Waals surface area contributed by atoms with Crippen molar-refractivity contribution in [2.24, 2.45) is 0 Å². The maximum absolute atomic E-state index is 12.7. The highest BCUT2D eigenvalue weighted by atomic mass is 16.6. The summed E-state index contributed by atoms with van der Waals surface area (Å²) in [6, 6.07) is 15.4. The molecule has 7 heteroatoms. The molecule has 37 heavy (non-hydrogen) atoms. The van der Waals surface area contributed by atoms with E-state index in [9.17, 15) is 14.7 Å². The lowest BCUT2D eigenvalue weighted by Gasteiger charge is -2.15. The largest absolute Gasteiger partial charge is 0.481 e. The second-order valence-corrected chi connectivity index (χ2v) is 9.30. The lowest BCUT2D eigenvalue weighted by Crippen LogP contribution is -2.21. The molecule has 192 valence electrons. The van der Waals surface area contributed by atoms with Crippen molar-refractivity contribution in [1.82, 2.24) is 5.16 Å². The molecule has 1 saturated carbocycles. The van der Waals surface area contributed by atoms with Gasteiger partial charge in [-0.15, -0.1) is 0 Å². The quantitative estimate of drug-likeness (QED) is 0.299. The van der Waals surface area contributed by atoms with Crippen molar-refractivity contribution < 1.29 is 24.0 Å². The molecular formula is C30H32N2O5. The van der Waals surface area contributed by atoms with E-state index < -0.39 is 23.6 Å². The highest BCUT2D eigenvalue weighted by Crippen LogP contribution is 2.48. The highest BCUT2D eigenvalue weighted by Gasteiger charge is 2.51. The Bertz CT molecular complexity index is 1330. The van der Waals surface area contributed by atoms with E-state index in [0.29, 0.717) is 30.0 Å². The van der Waals surface area contributed by atoms with Gasteiger partial charge in [-0.3, -0.25) is 10.1 Å². The molecule has 1 unspecified atom stereocenters. The van der Waals surface area contributed by atoms with E-state index in [4.69, 9.17) is 9.26 Å². The van der Waals surface area contributed by atoms with E-state index in [1.54, 1.807) is 6.92 Å². The molecule has 1 heterocycles. The molecule has 2 aromatic carbocycles. The first kappa shape index (κ1) is 25.9. The number of ether oxygens (including phenoxy) is 1. The van der Waals surface area contributed by atoms with Crippen LogP contribution in [-0.2, 0) is 14.9 Å². The molecule has 0 spiro atoms. The van der Waals surface area contributed by atoms with Gasteiger partial charge in [0.25, 0.3) is 0 Å². The zero-order chi connectivity index (χ0) is 26.6. The summed E-state index contributed by atoms with van der Waals surface area (Å²) in [6.07, 6.45) is 7.09. The molecule has 4 rings (SSSR count). The third-order valence-corrected chi connectivity index (χ3v) is 6.72. The second-order valence-electron chi connectivity index (χ2n) is 9.30. The van der Waals surface area contributed by atoms with E-state index in [1.165, 1.54) is 0 Å². The van der Waals surface area contributed by atoms with Crippen LogP contribution < -0.4 is 5.32 Å². The van der Waals surface area contributed by atoms with Crippen LogP contribution in [-0.4, -0.2) is 28.4 Å². The number of carbonyl (C=O) groups excluding carboxylic acids is 1. The molecule has 1 aliphatic rings. The van der Waals surface area contributed by atoms with Gasteiger partial charge in [0.1, 0.15) is 17.5 Å². The van der Waals surface area contributed by atoms with Gasteiger partial charge in [0.15, 0.2) is 5.76 Å². The van der Waals surface area contributed by atoms with Crippen LogP contribution >= 0.6 is 0 Å². The molecule has 1 amide bonds. The number of carboxylic acids is 1. The molecule has 7 nitrogen and oxygen atoms in total. The average Bonchev–Trinajstić information content (AvgIpc) is 3.64. The third-order valence-electron chi connectivity index (χ3n) is 6.72. The maximum atomic E-state index is 12.7. The molecule has 1 aromatic heterocycles. The van der Waals surface area contributed by atoms with Gasteiger partial charge in [-0.1, -0.05) is 78.8 Å². The Hall–Kier alpha value is -4.13. The van der Waals surface area contributed by atoms with Crippen LogP contribution in [0.15, 0.2) is 76.9 Å². The molecule has 2 N–H and O–H groups in total. The Morgan fingerprint density at radius 3 is 2.24 bits per heavy atom. The fraction of sp³-hybridized carbons (Fsp3) is 0.300. The molecule has 0 radical (unpaired) electrons. The summed E-state index contributed by atoms with van der Waals surface area (Å²) in [5.41, 5.74) is 4.79. The van der Waals surface area contributed by atoms with Crippen molar-refractivity contribution in [2.45, 2.75) is 58.5 Å². The molecular weight excluding hydrogens is 468 g/mol. The van der Waals surface area contributed by atoms with Crippen molar-refractivity contribution in [3.8, 4) is 22.5 Å². The van der Waals surface area contributed by atoms with Crippen LogP contribution in [0.4, 0.5) is 10.5 Å². The number of benzene rings is 2. The van der Waals surface area contributed by atoms with E-state index in [0.717, 1.165) is 34.2 Å². The van der Waals surface area contributed by atoms with Crippen LogP contribution in [0.5, 0.6) is 0 Å². The predicted molar refractivity (Wildman–Crippen MR) is 143 cm³/mol. The summed E-state index contributed by atoms with van der Waals surface area (Å²) in [7, 11) is 0. The number of aryl methyl sites for hydroxylation is 1. The van der Waals surface area contributed by atoms with Crippen molar-refractivity contribution in [3.63, 3.8) is 0 Å². The summed E-state index contributed by atoms with van der Waals surface area (Å²) in [5.74, 6) is -0.315. The number of amides is 1. The lowest BCUT2D eigenvalue weighted by atomic mass is 9.93. The summed E-state index contributed by atoms with van der Waals surface area (Å²) in [6.45, 7) is 7.55. The van der Waals surface area contributed by atoms with Crippen molar-refractivity contribution in [1.29, 1.82) is 0 Å². The first-order valence-electron chi connectivity index (χ1n) is 12.5. The maximum Gasteiger partial charge on any atom is 0.412 e. The number of anilines is 1. The normalized spacial score (nSPS) is 15.4. The number of carboxylic acid groups (broad SMARTS) is 1. The smallest absolute Gasteiger partial charge is 0.412 e. The van der Waals surface area contributed by atoms with Gasteiger partial charge >= 0.3 is 12.1 Å². The average molecular weight is 501 g/mol. The fourth-order valence-corrected chi connectivity index (χ4v) is 4.42. The summed E-state index contributed by atoms with van der Waals surface area (Å²) in [4.78, 5) is 24.3. The number of aromatic nitrogens is 1. The monoisotopic (exact) mass is 500 g/mol. The van der Waals surface area contributed by atoms with Crippen LogP contribution in [0, 0.1) is 6.92 Å². The number of nitrogens with one attached hydrogen (secondary N) is 1. The van der Waals surface area contributed by atoms with Crippen LogP contribution in [0.1, 0.15) is 51.3 Å². The topological polar surface area (TPSA) is 102 Å².